The third-order valence-electron chi connectivity index (χ3n) is 4.25. The van der Waals surface area contributed by atoms with Crippen molar-refractivity contribution in [2.45, 2.75) is 18.9 Å². The average molecular weight is 297 g/mol. The van der Waals surface area contributed by atoms with Gasteiger partial charge in [-0.3, -0.25) is 9.69 Å². The molecule has 0 aromatic heterocycles. The number of ether oxygens (including phenoxy) is 1. The lowest BCUT2D eigenvalue weighted by Gasteiger charge is -2.38. The first kappa shape index (κ1) is 16.2. The van der Waals surface area contributed by atoms with E-state index in [0.29, 0.717) is 12.0 Å². The molecule has 2 aromatic rings. The lowest BCUT2D eigenvalue weighted by Crippen LogP contribution is -2.48. The van der Waals surface area contributed by atoms with Crippen molar-refractivity contribution in [3.8, 4) is 5.75 Å². The van der Waals surface area contributed by atoms with E-state index in [1.165, 1.54) is 0 Å². The number of ketones is 1. The molecule has 0 heterocycles. The van der Waals surface area contributed by atoms with E-state index in [0.717, 1.165) is 11.3 Å². The molecule has 0 amide bonds. The van der Waals surface area contributed by atoms with Gasteiger partial charge < -0.3 is 4.74 Å². The third-order valence-corrected chi connectivity index (χ3v) is 4.25. The van der Waals surface area contributed by atoms with Crippen LogP contribution in [0.2, 0.25) is 0 Å². The van der Waals surface area contributed by atoms with E-state index < -0.39 is 5.54 Å². The zero-order chi connectivity index (χ0) is 16.2. The second kappa shape index (κ2) is 6.75. The fourth-order valence-corrected chi connectivity index (χ4v) is 2.97. The maximum absolute atomic E-state index is 13.3. The average Bonchev–Trinajstić information content (AvgIpc) is 2.56. The van der Waals surface area contributed by atoms with Gasteiger partial charge in [-0.05, 0) is 50.3 Å². The molecule has 0 radical (unpaired) electrons. The van der Waals surface area contributed by atoms with Crippen LogP contribution in [0.3, 0.4) is 0 Å². The van der Waals surface area contributed by atoms with Gasteiger partial charge >= 0.3 is 0 Å². The molecule has 2 rings (SSSR count). The monoisotopic (exact) mass is 297 g/mol. The third kappa shape index (κ3) is 2.77. The standard InChI is InChI=1S/C19H23NO2/c1-5-19(20(2)3,16-9-7-6-8-10-16)18(21)15-11-13-17(22-4)14-12-15/h6-14H,5H2,1-4H3. The number of Topliss-reactive ketones (excluding diaryl/α,β-unsaturated/α-hetero) is 1. The minimum absolute atomic E-state index is 0.105. The Kier molecular flexibility index (Phi) is 4.99. The van der Waals surface area contributed by atoms with E-state index >= 15 is 0 Å². The number of carbonyl (C=O) groups excluding carboxylic acids is 1. The van der Waals surface area contributed by atoms with Gasteiger partial charge in [0, 0.05) is 5.56 Å². The van der Waals surface area contributed by atoms with E-state index in [-0.39, 0.29) is 5.78 Å². The first-order valence-corrected chi connectivity index (χ1v) is 7.48. The van der Waals surface area contributed by atoms with Crippen molar-refractivity contribution in [3.63, 3.8) is 0 Å². The number of hydrogen-bond donors (Lipinski definition) is 0. The molecule has 0 saturated heterocycles. The molecule has 0 aliphatic heterocycles. The van der Waals surface area contributed by atoms with Gasteiger partial charge in [0.15, 0.2) is 5.78 Å². The summed E-state index contributed by atoms with van der Waals surface area (Å²) in [7, 11) is 5.53. The molecule has 1 atom stereocenters. The molecule has 0 aliphatic rings. The molecule has 0 bridgehead atoms. The number of benzene rings is 2. The minimum atomic E-state index is -0.657. The summed E-state index contributed by atoms with van der Waals surface area (Å²) in [4.78, 5) is 15.3. The SMILES string of the molecule is CCC(C(=O)c1ccc(OC)cc1)(c1ccccc1)N(C)C. The lowest BCUT2D eigenvalue weighted by molar-refractivity contribution is 0.0660. The van der Waals surface area contributed by atoms with E-state index in [1.54, 1.807) is 7.11 Å². The highest BCUT2D eigenvalue weighted by Crippen LogP contribution is 2.34. The van der Waals surface area contributed by atoms with Gasteiger partial charge in [-0.25, -0.2) is 0 Å². The normalized spacial score (nSPS) is 13.7. The first-order chi connectivity index (χ1) is 10.6. The molecule has 0 spiro atoms. The van der Waals surface area contributed by atoms with Crippen LogP contribution >= 0.6 is 0 Å². The van der Waals surface area contributed by atoms with Gasteiger partial charge in [-0.2, -0.15) is 0 Å². The molecular weight excluding hydrogens is 274 g/mol. The molecule has 0 saturated carbocycles. The van der Waals surface area contributed by atoms with Crippen LogP contribution in [-0.2, 0) is 5.54 Å². The predicted molar refractivity (Wildman–Crippen MR) is 89.4 cm³/mol. The number of hydrogen-bond acceptors (Lipinski definition) is 3. The summed E-state index contributed by atoms with van der Waals surface area (Å²) < 4.78 is 5.17. The highest BCUT2D eigenvalue weighted by Gasteiger charge is 2.40. The molecule has 2 aromatic carbocycles. The van der Waals surface area contributed by atoms with Gasteiger partial charge in [-0.15, -0.1) is 0 Å². The van der Waals surface area contributed by atoms with Crippen molar-refractivity contribution in [1.29, 1.82) is 0 Å². The van der Waals surface area contributed by atoms with Crippen LogP contribution in [0, 0.1) is 0 Å². The van der Waals surface area contributed by atoms with Gasteiger partial charge in [0.25, 0.3) is 0 Å². The summed E-state index contributed by atoms with van der Waals surface area (Å²) >= 11 is 0. The minimum Gasteiger partial charge on any atom is -0.497 e. The van der Waals surface area contributed by atoms with Crippen molar-refractivity contribution >= 4 is 5.78 Å². The fraction of sp³-hybridized carbons (Fsp3) is 0.316. The van der Waals surface area contributed by atoms with Crippen LogP contribution < -0.4 is 4.74 Å². The van der Waals surface area contributed by atoms with Crippen molar-refractivity contribution in [2.24, 2.45) is 0 Å². The number of carbonyl (C=O) groups is 1. The van der Waals surface area contributed by atoms with E-state index in [4.69, 9.17) is 4.74 Å². The second-order valence-corrected chi connectivity index (χ2v) is 5.53. The highest BCUT2D eigenvalue weighted by atomic mass is 16.5. The summed E-state index contributed by atoms with van der Waals surface area (Å²) in [6.45, 7) is 2.05. The molecule has 116 valence electrons. The summed E-state index contributed by atoms with van der Waals surface area (Å²) in [6, 6.07) is 17.3. The molecule has 3 nitrogen and oxygen atoms in total. The van der Waals surface area contributed by atoms with Crippen LogP contribution in [0.5, 0.6) is 5.75 Å². The van der Waals surface area contributed by atoms with Crippen LogP contribution in [-0.4, -0.2) is 31.9 Å². The van der Waals surface area contributed by atoms with Gasteiger partial charge in [0.1, 0.15) is 11.3 Å². The Balaban J connectivity index is 2.51. The topological polar surface area (TPSA) is 29.5 Å². The maximum atomic E-state index is 13.3. The van der Waals surface area contributed by atoms with Crippen molar-refractivity contribution in [1.82, 2.24) is 4.90 Å². The number of likely N-dealkylation sites (N-methyl/N-ethyl adjacent to an activating group) is 1. The Morgan fingerprint density at radius 2 is 1.64 bits per heavy atom. The molecule has 0 N–H and O–H groups in total. The van der Waals surface area contributed by atoms with Crippen LogP contribution in [0.1, 0.15) is 29.3 Å². The van der Waals surface area contributed by atoms with Gasteiger partial charge in [-0.1, -0.05) is 37.3 Å². The van der Waals surface area contributed by atoms with Crippen LogP contribution in [0.15, 0.2) is 54.6 Å². The summed E-state index contributed by atoms with van der Waals surface area (Å²) in [5.41, 5.74) is 1.05. The van der Waals surface area contributed by atoms with E-state index in [2.05, 4.69) is 6.92 Å². The van der Waals surface area contributed by atoms with Crippen LogP contribution in [0.25, 0.3) is 0 Å². The lowest BCUT2D eigenvalue weighted by atomic mass is 9.79. The second-order valence-electron chi connectivity index (χ2n) is 5.53. The largest absolute Gasteiger partial charge is 0.497 e. The summed E-state index contributed by atoms with van der Waals surface area (Å²) in [6.07, 6.45) is 0.703. The van der Waals surface area contributed by atoms with Crippen molar-refractivity contribution < 1.29 is 9.53 Å². The van der Waals surface area contributed by atoms with Crippen LogP contribution in [0.4, 0.5) is 0 Å². The smallest absolute Gasteiger partial charge is 0.187 e. The quantitative estimate of drug-likeness (QED) is 0.761. The Bertz CT molecular complexity index is 620. The van der Waals surface area contributed by atoms with Gasteiger partial charge in [0.2, 0.25) is 0 Å². The number of nitrogens with zero attached hydrogens (tertiary/aromatic N) is 1. The Morgan fingerprint density at radius 1 is 1.05 bits per heavy atom. The summed E-state index contributed by atoms with van der Waals surface area (Å²) in [5.74, 6) is 0.858. The molecule has 1 unspecified atom stereocenters. The fourth-order valence-electron chi connectivity index (χ4n) is 2.97. The maximum Gasteiger partial charge on any atom is 0.187 e. The zero-order valence-electron chi connectivity index (χ0n) is 13.7. The van der Waals surface area contributed by atoms with Crippen molar-refractivity contribution in [2.75, 3.05) is 21.2 Å². The number of methoxy groups -OCH3 is 1. The summed E-state index contributed by atoms with van der Waals surface area (Å²) in [5, 5.41) is 0. The van der Waals surface area contributed by atoms with Crippen molar-refractivity contribution in [3.05, 3.63) is 65.7 Å². The molecular formula is C19H23NO2. The Morgan fingerprint density at radius 3 is 2.09 bits per heavy atom. The first-order valence-electron chi connectivity index (χ1n) is 7.48. The Labute approximate surface area is 132 Å². The van der Waals surface area contributed by atoms with Gasteiger partial charge in [0.05, 0.1) is 7.11 Å². The van der Waals surface area contributed by atoms with E-state index in [1.807, 2.05) is 73.6 Å². The predicted octanol–water partition coefficient (Wildman–Crippen LogP) is 3.75. The Hall–Kier alpha value is -2.13. The molecule has 3 heteroatoms. The zero-order valence-corrected chi connectivity index (χ0v) is 13.7. The van der Waals surface area contributed by atoms with E-state index in [9.17, 15) is 4.79 Å². The molecule has 0 aliphatic carbocycles. The number of rotatable bonds is 6. The molecule has 22 heavy (non-hydrogen) atoms. The molecule has 0 fully saturated rings. The highest BCUT2D eigenvalue weighted by molar-refractivity contribution is 6.03.